The van der Waals surface area contributed by atoms with Crippen molar-refractivity contribution in [2.75, 3.05) is 13.7 Å². The zero-order chi connectivity index (χ0) is 28.3. The first kappa shape index (κ1) is 26.5. The Hall–Kier alpha value is -4.67. The second kappa shape index (κ2) is 11.4. The second-order valence-electron chi connectivity index (χ2n) is 9.43. The quantitative estimate of drug-likeness (QED) is 0.205. The van der Waals surface area contributed by atoms with E-state index in [9.17, 15) is 9.90 Å². The van der Waals surface area contributed by atoms with Gasteiger partial charge in [0.1, 0.15) is 18.2 Å². The molecule has 1 N–H and O–H groups in total. The van der Waals surface area contributed by atoms with Crippen LogP contribution in [0, 0.1) is 5.82 Å². The summed E-state index contributed by atoms with van der Waals surface area (Å²) in [4.78, 5) is 25.2. The lowest BCUT2D eigenvalue weighted by molar-refractivity contribution is 0.0697. The number of nitrogens with zero attached hydrogens (tertiary/aromatic N) is 4. The van der Waals surface area contributed by atoms with Crippen LogP contribution in [0.25, 0.3) is 32.5 Å². The summed E-state index contributed by atoms with van der Waals surface area (Å²) in [7, 11) is 1.59. The van der Waals surface area contributed by atoms with Gasteiger partial charge in [0, 0.05) is 37.3 Å². The molecule has 206 valence electrons. The van der Waals surface area contributed by atoms with Gasteiger partial charge in [-0.05, 0) is 42.0 Å². The Kier molecular flexibility index (Phi) is 7.41. The molecule has 0 atom stereocenters. The Balaban J connectivity index is 1.23. The van der Waals surface area contributed by atoms with Crippen LogP contribution < -0.4 is 4.74 Å². The fourth-order valence-electron chi connectivity index (χ4n) is 4.76. The average Bonchev–Trinajstić information content (AvgIpc) is 3.60. The SMILES string of the molecule is COCCn1c(Cc2ccc(-c3cccc(OCc4cccc5scnc45)n3)cc2F)nc2ccc(C(=O)O)cc21. The molecule has 0 unspecified atom stereocenters. The number of fused-ring (bicyclic) bond motifs is 2. The molecule has 0 aliphatic rings. The van der Waals surface area contributed by atoms with E-state index in [0.29, 0.717) is 59.3 Å². The van der Waals surface area contributed by atoms with Gasteiger partial charge in [0.05, 0.1) is 44.6 Å². The fourth-order valence-corrected chi connectivity index (χ4v) is 5.49. The molecule has 0 saturated carbocycles. The van der Waals surface area contributed by atoms with Crippen LogP contribution >= 0.6 is 11.3 Å². The van der Waals surface area contributed by atoms with Gasteiger partial charge in [-0.2, -0.15) is 0 Å². The molecular formula is C31H25FN4O4S. The van der Waals surface area contributed by atoms with E-state index in [1.54, 1.807) is 42.7 Å². The van der Waals surface area contributed by atoms with Crippen LogP contribution in [0.2, 0.25) is 0 Å². The first-order valence-electron chi connectivity index (χ1n) is 12.9. The van der Waals surface area contributed by atoms with E-state index in [1.807, 2.05) is 46.5 Å². The maximum absolute atomic E-state index is 15.4. The molecule has 0 spiro atoms. The zero-order valence-electron chi connectivity index (χ0n) is 22.1. The Bertz CT molecular complexity index is 1880. The van der Waals surface area contributed by atoms with Gasteiger partial charge in [-0.15, -0.1) is 11.3 Å². The number of aromatic carboxylic acids is 1. The fraction of sp³-hybridized carbons (Fsp3) is 0.161. The van der Waals surface area contributed by atoms with Crippen LogP contribution in [0.3, 0.4) is 0 Å². The minimum atomic E-state index is -1.02. The summed E-state index contributed by atoms with van der Waals surface area (Å²) in [6.45, 7) is 1.18. The lowest BCUT2D eigenvalue weighted by atomic mass is 10.1. The van der Waals surface area contributed by atoms with E-state index in [2.05, 4.69) is 15.0 Å². The molecular weight excluding hydrogens is 543 g/mol. The van der Waals surface area contributed by atoms with Crippen molar-refractivity contribution in [2.45, 2.75) is 19.6 Å². The zero-order valence-corrected chi connectivity index (χ0v) is 22.9. The van der Waals surface area contributed by atoms with Crippen molar-refractivity contribution in [2.24, 2.45) is 0 Å². The normalized spacial score (nSPS) is 11.4. The van der Waals surface area contributed by atoms with Gasteiger partial charge in [-0.3, -0.25) is 0 Å². The van der Waals surface area contributed by atoms with Crippen molar-refractivity contribution in [1.29, 1.82) is 0 Å². The summed E-state index contributed by atoms with van der Waals surface area (Å²) in [5, 5.41) is 9.42. The molecule has 0 radical (unpaired) electrons. The number of methoxy groups -OCH3 is 1. The highest BCUT2D eigenvalue weighted by Gasteiger charge is 2.16. The minimum absolute atomic E-state index is 0.164. The van der Waals surface area contributed by atoms with Crippen LogP contribution in [0.15, 0.2) is 78.3 Å². The number of carboxylic acids is 1. The van der Waals surface area contributed by atoms with E-state index in [4.69, 9.17) is 9.47 Å². The molecule has 3 aromatic carbocycles. The smallest absolute Gasteiger partial charge is 0.335 e. The maximum atomic E-state index is 15.4. The van der Waals surface area contributed by atoms with E-state index in [0.717, 1.165) is 15.8 Å². The third-order valence-corrected chi connectivity index (χ3v) is 7.63. The van der Waals surface area contributed by atoms with Gasteiger partial charge in [-0.1, -0.05) is 30.3 Å². The first-order chi connectivity index (χ1) is 20.0. The number of carboxylic acid groups (broad SMARTS) is 1. The van der Waals surface area contributed by atoms with Crippen molar-refractivity contribution in [1.82, 2.24) is 19.5 Å². The van der Waals surface area contributed by atoms with Crippen molar-refractivity contribution in [3.8, 4) is 17.1 Å². The maximum Gasteiger partial charge on any atom is 0.335 e. The van der Waals surface area contributed by atoms with Crippen molar-refractivity contribution >= 4 is 38.6 Å². The van der Waals surface area contributed by atoms with Gasteiger partial charge < -0.3 is 19.1 Å². The molecule has 0 saturated heterocycles. The molecule has 0 aliphatic carbocycles. The Morgan fingerprint density at radius 2 is 1.90 bits per heavy atom. The molecule has 3 heterocycles. The standard InChI is InChI=1S/C31H25FN4O4S/c1-39-13-12-36-26-15-21(31(37)38)10-11-25(26)34-28(36)16-19-8-9-20(14-23(19)32)24-5-3-7-29(35-24)40-17-22-4-2-6-27-30(22)33-18-41-27/h2-11,14-15,18H,12-13,16-17H2,1H3,(H,37,38). The highest BCUT2D eigenvalue weighted by atomic mass is 32.1. The number of hydrogen-bond donors (Lipinski definition) is 1. The van der Waals surface area contributed by atoms with Gasteiger partial charge in [0.25, 0.3) is 0 Å². The number of aromatic nitrogens is 4. The number of ether oxygens (including phenoxy) is 2. The summed E-state index contributed by atoms with van der Waals surface area (Å²) in [5.41, 5.74) is 6.86. The third-order valence-electron chi connectivity index (χ3n) is 6.83. The predicted octanol–water partition coefficient (Wildman–Crippen LogP) is 6.36. The molecule has 0 amide bonds. The van der Waals surface area contributed by atoms with Crippen LogP contribution in [0.5, 0.6) is 5.88 Å². The van der Waals surface area contributed by atoms with Gasteiger partial charge in [-0.25, -0.2) is 24.1 Å². The highest BCUT2D eigenvalue weighted by Crippen LogP contribution is 2.27. The molecule has 0 bridgehead atoms. The molecule has 0 aliphatic heterocycles. The number of para-hydroxylation sites is 1. The summed E-state index contributed by atoms with van der Waals surface area (Å²) in [6.07, 6.45) is 0.228. The number of pyridine rings is 1. The van der Waals surface area contributed by atoms with Crippen LogP contribution in [-0.4, -0.2) is 44.3 Å². The largest absolute Gasteiger partial charge is 0.478 e. The summed E-state index contributed by atoms with van der Waals surface area (Å²) in [6, 6.07) is 21.2. The first-order valence-corrected chi connectivity index (χ1v) is 13.8. The molecule has 8 nitrogen and oxygen atoms in total. The van der Waals surface area contributed by atoms with Crippen molar-refractivity contribution in [3.63, 3.8) is 0 Å². The number of thiazole rings is 1. The van der Waals surface area contributed by atoms with Crippen LogP contribution in [0.4, 0.5) is 4.39 Å². The molecule has 3 aromatic heterocycles. The number of rotatable bonds is 10. The molecule has 6 aromatic rings. The molecule has 10 heteroatoms. The molecule has 6 rings (SSSR count). The van der Waals surface area contributed by atoms with Crippen LogP contribution in [-0.2, 0) is 24.3 Å². The van der Waals surface area contributed by atoms with E-state index in [1.165, 1.54) is 12.1 Å². The topological polar surface area (TPSA) is 99.4 Å². The van der Waals surface area contributed by atoms with Gasteiger partial charge in [0.15, 0.2) is 0 Å². The second-order valence-corrected chi connectivity index (χ2v) is 10.3. The number of imidazole rings is 1. The number of halogens is 1. The van der Waals surface area contributed by atoms with E-state index in [-0.39, 0.29) is 17.8 Å². The van der Waals surface area contributed by atoms with Crippen molar-refractivity contribution < 1.29 is 23.8 Å². The predicted molar refractivity (Wildman–Crippen MR) is 155 cm³/mol. The highest BCUT2D eigenvalue weighted by molar-refractivity contribution is 7.16. The van der Waals surface area contributed by atoms with Gasteiger partial charge in [0.2, 0.25) is 5.88 Å². The summed E-state index contributed by atoms with van der Waals surface area (Å²) >= 11 is 1.58. The van der Waals surface area contributed by atoms with Crippen molar-refractivity contribution in [3.05, 3.63) is 107 Å². The minimum Gasteiger partial charge on any atom is -0.478 e. The number of benzene rings is 3. The molecule has 41 heavy (non-hydrogen) atoms. The summed E-state index contributed by atoms with van der Waals surface area (Å²) < 4.78 is 29.6. The lowest BCUT2D eigenvalue weighted by Gasteiger charge is -2.11. The third kappa shape index (κ3) is 5.52. The summed E-state index contributed by atoms with van der Waals surface area (Å²) in [5.74, 6) is -0.349. The van der Waals surface area contributed by atoms with E-state index >= 15 is 4.39 Å². The van der Waals surface area contributed by atoms with Crippen LogP contribution in [0.1, 0.15) is 27.3 Å². The Labute approximate surface area is 238 Å². The van der Waals surface area contributed by atoms with Gasteiger partial charge >= 0.3 is 5.97 Å². The monoisotopic (exact) mass is 568 g/mol. The molecule has 0 fully saturated rings. The lowest BCUT2D eigenvalue weighted by Crippen LogP contribution is -2.10. The van der Waals surface area contributed by atoms with E-state index < -0.39 is 5.97 Å². The average molecular weight is 569 g/mol. The number of hydrogen-bond acceptors (Lipinski definition) is 7. The Morgan fingerprint density at radius 3 is 2.73 bits per heavy atom. The Morgan fingerprint density at radius 1 is 1.02 bits per heavy atom. The number of carbonyl (C=O) groups is 1.